The first-order chi connectivity index (χ1) is 8.18. The molecule has 94 valence electrons. The smallest absolute Gasteiger partial charge is 0.280 e. The summed E-state index contributed by atoms with van der Waals surface area (Å²) < 4.78 is 0.434. The first kappa shape index (κ1) is 12.6. The molecule has 17 heavy (non-hydrogen) atoms. The number of aromatic amines is 1. The van der Waals surface area contributed by atoms with E-state index in [1.54, 1.807) is 6.20 Å². The Morgan fingerprint density at radius 1 is 1.41 bits per heavy atom. The Morgan fingerprint density at radius 3 is 3.00 bits per heavy atom. The van der Waals surface area contributed by atoms with Crippen molar-refractivity contribution in [2.75, 3.05) is 5.32 Å². The predicted octanol–water partition coefficient (Wildman–Crippen LogP) is 1.64. The van der Waals surface area contributed by atoms with Crippen LogP contribution in [0.15, 0.2) is 15.5 Å². The minimum Gasteiger partial charge on any atom is -0.391 e. The summed E-state index contributed by atoms with van der Waals surface area (Å²) in [5.41, 5.74) is 0.373. The van der Waals surface area contributed by atoms with Crippen LogP contribution in [-0.2, 0) is 0 Å². The third-order valence-electron chi connectivity index (χ3n) is 3.12. The molecule has 0 bridgehead atoms. The monoisotopic (exact) mass is 301 g/mol. The SMILES string of the molecule is O=c1[nH]ncc(NC2CCCCCC2O)c1Br. The number of hydrogen-bond acceptors (Lipinski definition) is 4. The van der Waals surface area contributed by atoms with Gasteiger partial charge < -0.3 is 10.4 Å². The van der Waals surface area contributed by atoms with E-state index in [1.807, 2.05) is 0 Å². The van der Waals surface area contributed by atoms with Gasteiger partial charge in [-0.15, -0.1) is 0 Å². The molecule has 1 aliphatic rings. The number of aliphatic hydroxyl groups is 1. The largest absolute Gasteiger partial charge is 0.391 e. The molecule has 1 aromatic rings. The fraction of sp³-hybridized carbons (Fsp3) is 0.636. The van der Waals surface area contributed by atoms with Crippen LogP contribution >= 0.6 is 15.9 Å². The molecule has 1 fully saturated rings. The van der Waals surface area contributed by atoms with Gasteiger partial charge in [-0.05, 0) is 28.8 Å². The highest BCUT2D eigenvalue weighted by Crippen LogP contribution is 2.23. The molecule has 0 amide bonds. The molecule has 2 rings (SSSR count). The lowest BCUT2D eigenvalue weighted by Crippen LogP contribution is -2.33. The van der Waals surface area contributed by atoms with E-state index in [0.29, 0.717) is 10.2 Å². The molecule has 0 saturated heterocycles. The predicted molar refractivity (Wildman–Crippen MR) is 69.1 cm³/mol. The number of nitrogens with zero attached hydrogens (tertiary/aromatic N) is 1. The molecule has 0 radical (unpaired) electrons. The van der Waals surface area contributed by atoms with Crippen molar-refractivity contribution < 1.29 is 5.11 Å². The van der Waals surface area contributed by atoms with E-state index in [0.717, 1.165) is 32.1 Å². The minimum absolute atomic E-state index is 0.00241. The molecule has 0 aliphatic heterocycles. The summed E-state index contributed by atoms with van der Waals surface area (Å²) in [5.74, 6) is 0. The normalized spacial score (nSPS) is 25.3. The molecule has 1 aliphatic carbocycles. The van der Waals surface area contributed by atoms with Gasteiger partial charge in [-0.1, -0.05) is 19.3 Å². The van der Waals surface area contributed by atoms with Crippen LogP contribution in [0.1, 0.15) is 32.1 Å². The van der Waals surface area contributed by atoms with Crippen molar-refractivity contribution in [3.8, 4) is 0 Å². The molecule has 1 saturated carbocycles. The van der Waals surface area contributed by atoms with Gasteiger partial charge in [0.1, 0.15) is 4.47 Å². The second-order valence-corrected chi connectivity index (χ2v) is 5.18. The number of nitrogens with one attached hydrogen (secondary N) is 2. The lowest BCUT2D eigenvalue weighted by Gasteiger charge is -2.23. The van der Waals surface area contributed by atoms with Gasteiger partial charge in [-0.2, -0.15) is 5.10 Å². The highest BCUT2D eigenvalue weighted by Gasteiger charge is 2.22. The number of halogens is 1. The number of aromatic nitrogens is 2. The van der Waals surface area contributed by atoms with Gasteiger partial charge in [0, 0.05) is 0 Å². The third kappa shape index (κ3) is 3.07. The third-order valence-corrected chi connectivity index (χ3v) is 3.90. The second kappa shape index (κ2) is 5.64. The van der Waals surface area contributed by atoms with Crippen molar-refractivity contribution in [2.24, 2.45) is 0 Å². The van der Waals surface area contributed by atoms with Crippen LogP contribution in [0.3, 0.4) is 0 Å². The summed E-state index contributed by atoms with van der Waals surface area (Å²) >= 11 is 3.22. The van der Waals surface area contributed by atoms with Crippen LogP contribution in [0.25, 0.3) is 0 Å². The highest BCUT2D eigenvalue weighted by molar-refractivity contribution is 9.10. The standard InChI is InChI=1S/C11H16BrN3O2/c12-10-8(6-13-15-11(10)17)14-7-4-2-1-3-5-9(7)16/h6-7,9,16H,1-5H2,(H2,14,15,17). The van der Waals surface area contributed by atoms with Crippen molar-refractivity contribution in [1.82, 2.24) is 10.2 Å². The average Bonchev–Trinajstić information content (AvgIpc) is 2.51. The molecule has 5 nitrogen and oxygen atoms in total. The summed E-state index contributed by atoms with van der Waals surface area (Å²) in [6.45, 7) is 0. The molecule has 2 unspecified atom stereocenters. The van der Waals surface area contributed by atoms with E-state index >= 15 is 0 Å². The zero-order valence-corrected chi connectivity index (χ0v) is 11.0. The zero-order valence-electron chi connectivity index (χ0n) is 9.45. The summed E-state index contributed by atoms with van der Waals surface area (Å²) in [6, 6.07) is -0.00241. The maximum atomic E-state index is 11.4. The van der Waals surface area contributed by atoms with Gasteiger partial charge in [-0.25, -0.2) is 5.10 Å². The Morgan fingerprint density at radius 2 is 2.18 bits per heavy atom. The quantitative estimate of drug-likeness (QED) is 0.726. The van der Waals surface area contributed by atoms with E-state index in [2.05, 4.69) is 31.4 Å². The van der Waals surface area contributed by atoms with Crippen LogP contribution in [0.5, 0.6) is 0 Å². The molecule has 2 atom stereocenters. The Balaban J connectivity index is 2.13. The Labute approximate surface area is 108 Å². The highest BCUT2D eigenvalue weighted by atomic mass is 79.9. The molecule has 6 heteroatoms. The van der Waals surface area contributed by atoms with E-state index in [4.69, 9.17) is 0 Å². The summed E-state index contributed by atoms with van der Waals surface area (Å²) in [7, 11) is 0. The van der Waals surface area contributed by atoms with Crippen molar-refractivity contribution in [2.45, 2.75) is 44.2 Å². The first-order valence-corrected chi connectivity index (χ1v) is 6.65. The number of hydrogen-bond donors (Lipinski definition) is 3. The van der Waals surface area contributed by atoms with Crippen LogP contribution in [0.4, 0.5) is 5.69 Å². The van der Waals surface area contributed by atoms with Gasteiger partial charge in [0.15, 0.2) is 0 Å². The zero-order chi connectivity index (χ0) is 12.3. The molecule has 3 N–H and O–H groups in total. The molecule has 1 aromatic heterocycles. The summed E-state index contributed by atoms with van der Waals surface area (Å²) in [4.78, 5) is 11.4. The van der Waals surface area contributed by atoms with Gasteiger partial charge in [0.25, 0.3) is 5.56 Å². The molecule has 0 aromatic carbocycles. The van der Waals surface area contributed by atoms with E-state index < -0.39 is 0 Å². The van der Waals surface area contributed by atoms with Crippen LogP contribution in [0.2, 0.25) is 0 Å². The lowest BCUT2D eigenvalue weighted by molar-refractivity contribution is 0.144. The van der Waals surface area contributed by atoms with Crippen molar-refractivity contribution >= 4 is 21.6 Å². The number of H-pyrrole nitrogens is 1. The Kier molecular flexibility index (Phi) is 4.17. The Bertz CT molecular complexity index is 435. The fourth-order valence-electron chi connectivity index (χ4n) is 2.14. The van der Waals surface area contributed by atoms with Crippen LogP contribution in [-0.4, -0.2) is 27.4 Å². The van der Waals surface area contributed by atoms with E-state index in [-0.39, 0.29) is 17.7 Å². The number of rotatable bonds is 2. The minimum atomic E-state index is -0.358. The van der Waals surface area contributed by atoms with E-state index in [9.17, 15) is 9.90 Å². The number of anilines is 1. The van der Waals surface area contributed by atoms with Crippen molar-refractivity contribution in [1.29, 1.82) is 0 Å². The fourth-order valence-corrected chi connectivity index (χ4v) is 2.45. The lowest BCUT2D eigenvalue weighted by atomic mass is 10.1. The molecular weight excluding hydrogens is 286 g/mol. The number of aliphatic hydroxyl groups excluding tert-OH is 1. The Hall–Kier alpha value is -0.880. The summed E-state index contributed by atoms with van der Waals surface area (Å²) in [6.07, 6.45) is 6.25. The molecule has 0 spiro atoms. The molecule has 1 heterocycles. The van der Waals surface area contributed by atoms with Gasteiger partial charge in [0.2, 0.25) is 0 Å². The molecular formula is C11H16BrN3O2. The van der Waals surface area contributed by atoms with Crippen LogP contribution < -0.4 is 10.9 Å². The maximum Gasteiger partial charge on any atom is 0.280 e. The van der Waals surface area contributed by atoms with Crippen LogP contribution in [0, 0.1) is 0 Å². The second-order valence-electron chi connectivity index (χ2n) is 4.38. The van der Waals surface area contributed by atoms with Crippen molar-refractivity contribution in [3.63, 3.8) is 0 Å². The maximum absolute atomic E-state index is 11.4. The van der Waals surface area contributed by atoms with Gasteiger partial charge in [-0.3, -0.25) is 4.79 Å². The van der Waals surface area contributed by atoms with Gasteiger partial charge in [0.05, 0.1) is 24.0 Å². The first-order valence-electron chi connectivity index (χ1n) is 5.86. The summed E-state index contributed by atoms with van der Waals surface area (Å²) in [5, 5.41) is 19.3. The topological polar surface area (TPSA) is 78.0 Å². The van der Waals surface area contributed by atoms with Gasteiger partial charge >= 0.3 is 0 Å². The van der Waals surface area contributed by atoms with E-state index in [1.165, 1.54) is 0 Å². The van der Waals surface area contributed by atoms with Crippen molar-refractivity contribution in [3.05, 3.63) is 21.0 Å². The average molecular weight is 302 g/mol.